The fourth-order valence-electron chi connectivity index (χ4n) is 5.30. The van der Waals surface area contributed by atoms with E-state index in [4.69, 9.17) is 9.47 Å². The molecule has 2 fully saturated rings. The quantitative estimate of drug-likeness (QED) is 0.278. The number of aryl methyl sites for hydroxylation is 1. The molecule has 0 saturated carbocycles. The third kappa shape index (κ3) is 6.83. The number of hydrogen-bond donors (Lipinski definition) is 3. The van der Waals surface area contributed by atoms with E-state index in [1.54, 1.807) is 42.3 Å². The summed E-state index contributed by atoms with van der Waals surface area (Å²) in [6, 6.07) is 7.71. The van der Waals surface area contributed by atoms with Crippen LogP contribution in [0.4, 0.5) is 0 Å². The van der Waals surface area contributed by atoms with Crippen LogP contribution in [0.5, 0.6) is 5.75 Å². The first-order chi connectivity index (χ1) is 20.0. The maximum absolute atomic E-state index is 13.4. The van der Waals surface area contributed by atoms with Crippen LogP contribution in [0.3, 0.4) is 0 Å². The second-order valence-electron chi connectivity index (χ2n) is 10.7. The van der Waals surface area contributed by atoms with Gasteiger partial charge in [0, 0.05) is 68.5 Å². The van der Waals surface area contributed by atoms with E-state index in [-0.39, 0.29) is 29.0 Å². The summed E-state index contributed by atoms with van der Waals surface area (Å²) in [7, 11) is -4.18. The van der Waals surface area contributed by atoms with E-state index < -0.39 is 31.8 Å². The van der Waals surface area contributed by atoms with E-state index in [1.165, 1.54) is 29.7 Å². The predicted molar refractivity (Wildman–Crippen MR) is 154 cm³/mol. The number of nitrogens with one attached hydrogen (secondary N) is 2. The molecule has 0 amide bonds. The van der Waals surface area contributed by atoms with Gasteiger partial charge in [0.2, 0.25) is 20.0 Å². The Bertz CT molecular complexity index is 1600. The monoisotopic (exact) mass is 620 g/mol. The van der Waals surface area contributed by atoms with Crippen molar-refractivity contribution in [3.63, 3.8) is 0 Å². The van der Waals surface area contributed by atoms with Gasteiger partial charge in [-0.25, -0.2) is 21.6 Å². The second kappa shape index (κ2) is 12.4. The number of aliphatic hydroxyl groups is 1. The number of nitrogens with zero attached hydrogens (tertiary/aromatic N) is 4. The summed E-state index contributed by atoms with van der Waals surface area (Å²) in [5.74, 6) is 0.342. The van der Waals surface area contributed by atoms with Gasteiger partial charge in [0.05, 0.1) is 23.3 Å². The summed E-state index contributed by atoms with van der Waals surface area (Å²) < 4.78 is 68.0. The van der Waals surface area contributed by atoms with E-state index >= 15 is 0 Å². The highest BCUT2D eigenvalue weighted by Crippen LogP contribution is 2.37. The smallest absolute Gasteiger partial charge is 0.244 e. The first kappa shape index (κ1) is 30.5. The van der Waals surface area contributed by atoms with Crippen LogP contribution in [-0.4, -0.2) is 98.7 Å². The van der Waals surface area contributed by atoms with Crippen molar-refractivity contribution in [1.82, 2.24) is 29.1 Å². The van der Waals surface area contributed by atoms with Gasteiger partial charge in [-0.05, 0) is 44.5 Å². The number of aliphatic hydroxyl groups excluding tert-OH is 1. The molecule has 15 heteroatoms. The van der Waals surface area contributed by atoms with E-state index in [1.807, 2.05) is 6.20 Å². The van der Waals surface area contributed by atoms with Crippen molar-refractivity contribution in [2.75, 3.05) is 39.9 Å². The van der Waals surface area contributed by atoms with Gasteiger partial charge < -0.3 is 19.9 Å². The Kier molecular flexibility index (Phi) is 8.99. The summed E-state index contributed by atoms with van der Waals surface area (Å²) in [4.78, 5) is 4.39. The molecule has 0 radical (unpaired) electrons. The Balaban J connectivity index is 1.10. The maximum atomic E-state index is 13.4. The molecule has 2 aromatic heterocycles. The third-order valence-corrected chi connectivity index (χ3v) is 11.0. The maximum Gasteiger partial charge on any atom is 0.244 e. The molecule has 3 N–H and O–H groups in total. The summed E-state index contributed by atoms with van der Waals surface area (Å²) >= 11 is 0. The standard InChI is InChI=1S/C27H36N6O7S2/c1-28-41(35,36)25-5-3-4-24(11-25)39-19-23(34)15-30-22-12-27(40-18-22)6-8-33(9-7-27)42(37,38)26-10-20(13-29-16-26)21-14-31-32(2)17-21/h3-5,10-11,13-14,16-17,22-23,28,30,34H,6-9,12,15,18-19H2,1-2H3. The van der Waals surface area contributed by atoms with Crippen LogP contribution in [-0.2, 0) is 31.8 Å². The number of benzene rings is 1. The molecule has 4 heterocycles. The Labute approximate surface area is 246 Å². The van der Waals surface area contributed by atoms with Crippen LogP contribution in [0.2, 0.25) is 0 Å². The average Bonchev–Trinajstić information content (AvgIpc) is 3.61. The Morgan fingerprint density at radius 2 is 1.90 bits per heavy atom. The number of hydrogen-bond acceptors (Lipinski definition) is 10. The van der Waals surface area contributed by atoms with Gasteiger partial charge in [0.1, 0.15) is 23.4 Å². The molecule has 0 aliphatic carbocycles. The van der Waals surface area contributed by atoms with Crippen molar-refractivity contribution in [2.45, 2.75) is 46.8 Å². The minimum Gasteiger partial charge on any atom is -0.491 e. The Morgan fingerprint density at radius 3 is 2.62 bits per heavy atom. The molecule has 3 aromatic rings. The van der Waals surface area contributed by atoms with Crippen molar-refractivity contribution >= 4 is 20.0 Å². The molecule has 2 aliphatic rings. The van der Waals surface area contributed by atoms with Crippen LogP contribution >= 0.6 is 0 Å². The van der Waals surface area contributed by atoms with Crippen molar-refractivity contribution < 1.29 is 31.4 Å². The van der Waals surface area contributed by atoms with Gasteiger partial charge in [-0.15, -0.1) is 0 Å². The van der Waals surface area contributed by atoms with Gasteiger partial charge in [-0.2, -0.15) is 9.40 Å². The highest BCUT2D eigenvalue weighted by molar-refractivity contribution is 7.89. The molecule has 0 bridgehead atoms. The number of sulfonamides is 2. The molecule has 5 rings (SSSR count). The second-order valence-corrected chi connectivity index (χ2v) is 14.5. The SMILES string of the molecule is CNS(=O)(=O)c1cccc(OCC(O)CNC2COC3(CCN(S(=O)(=O)c4cncc(-c5cnn(C)c5)c4)CC3)C2)c1. The van der Waals surface area contributed by atoms with Gasteiger partial charge in [0.25, 0.3) is 0 Å². The molecule has 2 unspecified atom stereocenters. The summed E-state index contributed by atoms with van der Waals surface area (Å²) in [6.45, 7) is 1.38. The fraction of sp³-hybridized carbons (Fsp3) is 0.481. The lowest BCUT2D eigenvalue weighted by Gasteiger charge is -2.38. The molecule has 2 aliphatic heterocycles. The minimum atomic E-state index is -3.72. The van der Waals surface area contributed by atoms with Crippen molar-refractivity contribution in [1.29, 1.82) is 0 Å². The van der Waals surface area contributed by atoms with E-state index in [2.05, 4.69) is 20.1 Å². The zero-order valence-corrected chi connectivity index (χ0v) is 25.1. The Hall–Kier alpha value is -2.92. The molecular weight excluding hydrogens is 584 g/mol. The predicted octanol–water partition coefficient (Wildman–Crippen LogP) is 0.732. The number of ether oxygens (including phenoxy) is 2. The number of piperidine rings is 1. The molecule has 1 spiro atoms. The molecule has 13 nitrogen and oxygen atoms in total. The summed E-state index contributed by atoms with van der Waals surface area (Å²) in [6.07, 6.45) is 7.50. The Morgan fingerprint density at radius 1 is 1.12 bits per heavy atom. The third-order valence-electron chi connectivity index (χ3n) is 7.70. The van der Waals surface area contributed by atoms with Crippen LogP contribution in [0, 0.1) is 0 Å². The highest BCUT2D eigenvalue weighted by atomic mass is 32.2. The van der Waals surface area contributed by atoms with E-state index in [9.17, 15) is 21.9 Å². The lowest BCUT2D eigenvalue weighted by atomic mass is 9.88. The van der Waals surface area contributed by atoms with Crippen LogP contribution in [0.25, 0.3) is 11.1 Å². The molecule has 2 saturated heterocycles. The number of rotatable bonds is 11. The molecule has 1 aromatic carbocycles. The average molecular weight is 621 g/mol. The number of pyridine rings is 1. The van der Waals surface area contributed by atoms with Gasteiger partial charge >= 0.3 is 0 Å². The first-order valence-corrected chi connectivity index (χ1v) is 16.6. The normalized spacial score (nSPS) is 20.1. The highest BCUT2D eigenvalue weighted by Gasteiger charge is 2.44. The van der Waals surface area contributed by atoms with E-state index in [0.29, 0.717) is 50.3 Å². The molecule has 2 atom stereocenters. The van der Waals surface area contributed by atoms with Gasteiger partial charge in [-0.3, -0.25) is 9.67 Å². The zero-order chi connectivity index (χ0) is 30.0. The molecule has 42 heavy (non-hydrogen) atoms. The minimum absolute atomic E-state index is 0.00673. The summed E-state index contributed by atoms with van der Waals surface area (Å²) in [5, 5.41) is 17.9. The van der Waals surface area contributed by atoms with Crippen molar-refractivity contribution in [3.8, 4) is 16.9 Å². The zero-order valence-electron chi connectivity index (χ0n) is 23.5. The van der Waals surface area contributed by atoms with Crippen LogP contribution < -0.4 is 14.8 Å². The first-order valence-electron chi connectivity index (χ1n) is 13.7. The number of aromatic nitrogens is 3. The van der Waals surface area contributed by atoms with Gasteiger partial charge in [-0.1, -0.05) is 6.07 Å². The molecular formula is C27H36N6O7S2. The lowest BCUT2D eigenvalue weighted by molar-refractivity contribution is -0.0312. The molecule has 228 valence electrons. The van der Waals surface area contributed by atoms with Crippen LogP contribution in [0.1, 0.15) is 19.3 Å². The van der Waals surface area contributed by atoms with E-state index in [0.717, 1.165) is 5.56 Å². The lowest BCUT2D eigenvalue weighted by Crippen LogP contribution is -2.47. The van der Waals surface area contributed by atoms with Crippen molar-refractivity contribution in [2.24, 2.45) is 7.05 Å². The summed E-state index contributed by atoms with van der Waals surface area (Å²) in [5.41, 5.74) is 1.07. The van der Waals surface area contributed by atoms with Gasteiger partial charge in [0.15, 0.2) is 0 Å². The topological polar surface area (TPSA) is 165 Å². The fourth-order valence-corrected chi connectivity index (χ4v) is 7.49. The largest absolute Gasteiger partial charge is 0.491 e. The van der Waals surface area contributed by atoms with Crippen LogP contribution in [0.15, 0.2) is 64.9 Å². The van der Waals surface area contributed by atoms with Crippen molar-refractivity contribution in [3.05, 3.63) is 55.1 Å².